The van der Waals surface area contributed by atoms with E-state index in [9.17, 15) is 4.79 Å². The summed E-state index contributed by atoms with van der Waals surface area (Å²) in [5.74, 6) is 1.54. The van der Waals surface area contributed by atoms with Crippen molar-refractivity contribution in [1.82, 2.24) is 19.9 Å². The number of nitrogens with one attached hydrogen (secondary N) is 1. The van der Waals surface area contributed by atoms with E-state index in [4.69, 9.17) is 0 Å². The van der Waals surface area contributed by atoms with E-state index >= 15 is 0 Å². The number of H-pyrrole nitrogens is 1. The smallest absolute Gasteiger partial charge is 0.256 e. The number of hydrogen-bond donors (Lipinski definition) is 1. The SMILES string of the molecule is Cc1nc2c(c(=O)[nH]1)CN(c1ncnc3scc(C)c13)C2. The van der Waals surface area contributed by atoms with Gasteiger partial charge in [-0.25, -0.2) is 15.0 Å². The van der Waals surface area contributed by atoms with Crippen molar-refractivity contribution in [1.29, 1.82) is 0 Å². The molecule has 0 radical (unpaired) electrons. The van der Waals surface area contributed by atoms with Gasteiger partial charge in [0.15, 0.2) is 0 Å². The van der Waals surface area contributed by atoms with Gasteiger partial charge in [-0.3, -0.25) is 4.79 Å². The molecule has 3 aromatic heterocycles. The molecule has 1 aliphatic rings. The van der Waals surface area contributed by atoms with Crippen LogP contribution in [0, 0.1) is 13.8 Å². The van der Waals surface area contributed by atoms with Crippen molar-refractivity contribution in [2.75, 3.05) is 4.90 Å². The minimum atomic E-state index is -0.0488. The van der Waals surface area contributed by atoms with Crippen molar-refractivity contribution in [3.63, 3.8) is 0 Å². The third-order valence-electron chi connectivity index (χ3n) is 3.74. The van der Waals surface area contributed by atoms with Crippen LogP contribution in [0.5, 0.6) is 0 Å². The van der Waals surface area contributed by atoms with Gasteiger partial charge in [-0.05, 0) is 24.8 Å². The van der Waals surface area contributed by atoms with Crippen LogP contribution < -0.4 is 10.5 Å². The number of fused-ring (bicyclic) bond motifs is 2. The molecule has 4 rings (SSSR count). The predicted octanol–water partition coefficient (Wildman–Crippen LogP) is 1.91. The molecule has 0 fully saturated rings. The lowest BCUT2D eigenvalue weighted by molar-refractivity contribution is 0.849. The fourth-order valence-electron chi connectivity index (χ4n) is 2.78. The van der Waals surface area contributed by atoms with E-state index in [1.54, 1.807) is 24.6 Å². The zero-order valence-electron chi connectivity index (χ0n) is 11.7. The third kappa shape index (κ3) is 1.84. The molecule has 0 atom stereocenters. The van der Waals surface area contributed by atoms with E-state index in [-0.39, 0.29) is 5.56 Å². The van der Waals surface area contributed by atoms with Crippen LogP contribution in [0.4, 0.5) is 5.82 Å². The van der Waals surface area contributed by atoms with Gasteiger partial charge in [0, 0.05) is 0 Å². The van der Waals surface area contributed by atoms with Crippen molar-refractivity contribution in [2.24, 2.45) is 0 Å². The number of nitrogens with zero attached hydrogens (tertiary/aromatic N) is 4. The molecule has 4 heterocycles. The Morgan fingerprint density at radius 1 is 1.29 bits per heavy atom. The Balaban J connectivity index is 1.84. The number of aromatic amines is 1. The molecule has 7 heteroatoms. The first-order valence-corrected chi connectivity index (χ1v) is 7.54. The molecule has 0 saturated heterocycles. The second-order valence-corrected chi connectivity index (χ2v) is 6.09. The zero-order chi connectivity index (χ0) is 14.6. The monoisotopic (exact) mass is 299 g/mol. The van der Waals surface area contributed by atoms with Crippen molar-refractivity contribution >= 4 is 27.4 Å². The molecular formula is C14H13N5OS. The van der Waals surface area contributed by atoms with Gasteiger partial charge in [-0.15, -0.1) is 11.3 Å². The normalized spacial score (nSPS) is 13.9. The van der Waals surface area contributed by atoms with Crippen LogP contribution >= 0.6 is 11.3 Å². The molecule has 21 heavy (non-hydrogen) atoms. The van der Waals surface area contributed by atoms with Crippen molar-refractivity contribution in [3.8, 4) is 0 Å². The van der Waals surface area contributed by atoms with E-state index in [1.807, 2.05) is 0 Å². The minimum absolute atomic E-state index is 0.0488. The molecule has 0 bridgehead atoms. The molecule has 0 aliphatic carbocycles. The molecule has 1 N–H and O–H groups in total. The van der Waals surface area contributed by atoms with Gasteiger partial charge in [0.05, 0.1) is 29.7 Å². The highest BCUT2D eigenvalue weighted by Gasteiger charge is 2.26. The Kier molecular flexibility index (Phi) is 2.58. The molecule has 0 unspecified atom stereocenters. The maximum atomic E-state index is 12.0. The number of aromatic nitrogens is 4. The van der Waals surface area contributed by atoms with E-state index in [1.165, 1.54) is 5.56 Å². The number of thiophene rings is 1. The second-order valence-electron chi connectivity index (χ2n) is 5.23. The van der Waals surface area contributed by atoms with Gasteiger partial charge in [-0.1, -0.05) is 0 Å². The van der Waals surface area contributed by atoms with Crippen LogP contribution in [0.2, 0.25) is 0 Å². The fraction of sp³-hybridized carbons (Fsp3) is 0.286. The largest absolute Gasteiger partial charge is 0.345 e. The summed E-state index contributed by atoms with van der Waals surface area (Å²) in [5.41, 5.74) is 2.70. The van der Waals surface area contributed by atoms with Gasteiger partial charge < -0.3 is 9.88 Å². The third-order valence-corrected chi connectivity index (χ3v) is 4.75. The summed E-state index contributed by atoms with van der Waals surface area (Å²) in [7, 11) is 0. The summed E-state index contributed by atoms with van der Waals surface area (Å²) in [6.07, 6.45) is 1.58. The highest BCUT2D eigenvalue weighted by atomic mass is 32.1. The standard InChI is InChI=1S/C14H13N5OS/c1-7-5-21-14-11(7)12(15-6-16-14)19-3-9-10(4-19)17-8(2)18-13(9)20/h5-6H,3-4H2,1-2H3,(H,17,18,20). The van der Waals surface area contributed by atoms with Crippen molar-refractivity contribution in [3.05, 3.63) is 44.7 Å². The topological polar surface area (TPSA) is 74.8 Å². The molecule has 0 saturated carbocycles. The Labute approximate surface area is 124 Å². The first-order chi connectivity index (χ1) is 10.1. The van der Waals surface area contributed by atoms with Gasteiger partial charge in [0.2, 0.25) is 0 Å². The quantitative estimate of drug-likeness (QED) is 0.743. The van der Waals surface area contributed by atoms with E-state index in [2.05, 4.69) is 37.1 Å². The molecular weight excluding hydrogens is 286 g/mol. The molecule has 0 spiro atoms. The average molecular weight is 299 g/mol. The zero-order valence-corrected chi connectivity index (χ0v) is 12.5. The van der Waals surface area contributed by atoms with E-state index < -0.39 is 0 Å². The summed E-state index contributed by atoms with van der Waals surface area (Å²) < 4.78 is 0. The van der Waals surface area contributed by atoms with Crippen LogP contribution in [-0.2, 0) is 13.1 Å². The van der Waals surface area contributed by atoms with Crippen LogP contribution in [0.1, 0.15) is 22.6 Å². The summed E-state index contributed by atoms with van der Waals surface area (Å²) in [6.45, 7) is 5.02. The maximum absolute atomic E-state index is 12.0. The Morgan fingerprint density at radius 2 is 2.14 bits per heavy atom. The lowest BCUT2D eigenvalue weighted by Gasteiger charge is -2.17. The van der Waals surface area contributed by atoms with E-state index in [0.29, 0.717) is 18.9 Å². The molecule has 106 valence electrons. The highest BCUT2D eigenvalue weighted by molar-refractivity contribution is 7.17. The van der Waals surface area contributed by atoms with E-state index in [0.717, 1.165) is 27.3 Å². The number of rotatable bonds is 1. The summed E-state index contributed by atoms with van der Waals surface area (Å²) in [5, 5.41) is 3.16. The van der Waals surface area contributed by atoms with Crippen molar-refractivity contribution in [2.45, 2.75) is 26.9 Å². The van der Waals surface area contributed by atoms with Crippen LogP contribution in [0.3, 0.4) is 0 Å². The molecule has 3 aromatic rings. The minimum Gasteiger partial charge on any atom is -0.345 e. The van der Waals surface area contributed by atoms with Gasteiger partial charge in [-0.2, -0.15) is 0 Å². The molecule has 6 nitrogen and oxygen atoms in total. The lowest BCUT2D eigenvalue weighted by Crippen LogP contribution is -2.19. The number of anilines is 1. The molecule has 0 amide bonds. The van der Waals surface area contributed by atoms with Gasteiger partial charge >= 0.3 is 0 Å². The maximum Gasteiger partial charge on any atom is 0.256 e. The molecule has 1 aliphatic heterocycles. The van der Waals surface area contributed by atoms with Crippen molar-refractivity contribution < 1.29 is 0 Å². The summed E-state index contributed by atoms with van der Waals surface area (Å²) in [4.78, 5) is 31.1. The van der Waals surface area contributed by atoms with Crippen LogP contribution in [-0.4, -0.2) is 19.9 Å². The average Bonchev–Trinajstić information content (AvgIpc) is 3.03. The first-order valence-electron chi connectivity index (χ1n) is 6.66. The Morgan fingerprint density at radius 3 is 3.00 bits per heavy atom. The highest BCUT2D eigenvalue weighted by Crippen LogP contribution is 2.33. The van der Waals surface area contributed by atoms with Crippen LogP contribution in [0.25, 0.3) is 10.2 Å². The summed E-state index contributed by atoms with van der Waals surface area (Å²) >= 11 is 1.62. The van der Waals surface area contributed by atoms with Crippen LogP contribution in [0.15, 0.2) is 16.5 Å². The van der Waals surface area contributed by atoms with Gasteiger partial charge in [0.1, 0.15) is 22.8 Å². The summed E-state index contributed by atoms with van der Waals surface area (Å²) in [6, 6.07) is 0. The lowest BCUT2D eigenvalue weighted by atomic mass is 10.2. The second kappa shape index (κ2) is 4.36. The number of aryl methyl sites for hydroxylation is 2. The van der Waals surface area contributed by atoms with Gasteiger partial charge in [0.25, 0.3) is 5.56 Å². The first kappa shape index (κ1) is 12.5. The number of hydrogen-bond acceptors (Lipinski definition) is 6. The Hall–Kier alpha value is -2.28. The fourth-order valence-corrected chi connectivity index (χ4v) is 3.66. The molecule has 0 aromatic carbocycles. The predicted molar refractivity (Wildman–Crippen MR) is 81.6 cm³/mol. The Bertz CT molecular complexity index is 913.